The Morgan fingerprint density at radius 3 is 2.00 bits per heavy atom. The van der Waals surface area contributed by atoms with Crippen molar-refractivity contribution in [1.82, 2.24) is 0 Å². The zero-order valence-corrected chi connectivity index (χ0v) is 13.0. The first-order valence-corrected chi connectivity index (χ1v) is 9.60. The minimum atomic E-state index is -3.54. The first-order valence-electron chi connectivity index (χ1n) is 6.06. The topological polar surface area (TPSA) is 94.3 Å². The van der Waals surface area contributed by atoms with E-state index in [9.17, 15) is 16.8 Å². The summed E-state index contributed by atoms with van der Waals surface area (Å²) >= 11 is 0. The molecular formula is C14H15NO4S2. The van der Waals surface area contributed by atoms with E-state index in [1.807, 2.05) is 0 Å². The normalized spacial score (nSPS) is 12.2. The quantitative estimate of drug-likeness (QED) is 0.863. The molecular weight excluding hydrogens is 310 g/mol. The maximum absolute atomic E-state index is 12.3. The van der Waals surface area contributed by atoms with E-state index in [0.29, 0.717) is 11.3 Å². The fourth-order valence-electron chi connectivity index (χ4n) is 1.88. The van der Waals surface area contributed by atoms with E-state index in [0.717, 1.165) is 6.26 Å². The van der Waals surface area contributed by atoms with E-state index >= 15 is 0 Å². The van der Waals surface area contributed by atoms with Crippen molar-refractivity contribution in [2.24, 2.45) is 0 Å². The Morgan fingerprint density at radius 2 is 1.48 bits per heavy atom. The van der Waals surface area contributed by atoms with Gasteiger partial charge in [-0.3, -0.25) is 0 Å². The van der Waals surface area contributed by atoms with Gasteiger partial charge in [-0.1, -0.05) is 12.1 Å². The van der Waals surface area contributed by atoms with Crippen molar-refractivity contribution in [2.75, 3.05) is 12.0 Å². The molecule has 2 N–H and O–H groups in total. The SMILES string of the molecule is CS(=O)(=O)c1ccc(S(=O)(=O)Cc2cccc(N)c2)cc1. The smallest absolute Gasteiger partial charge is 0.182 e. The largest absolute Gasteiger partial charge is 0.399 e. The van der Waals surface area contributed by atoms with Crippen LogP contribution in [0.5, 0.6) is 0 Å². The van der Waals surface area contributed by atoms with E-state index in [4.69, 9.17) is 5.73 Å². The summed E-state index contributed by atoms with van der Waals surface area (Å²) in [5.41, 5.74) is 6.70. The third-order valence-corrected chi connectivity index (χ3v) is 5.75. The molecule has 0 radical (unpaired) electrons. The molecule has 0 aromatic heterocycles. The molecule has 0 bridgehead atoms. The molecule has 0 saturated carbocycles. The monoisotopic (exact) mass is 325 g/mol. The molecule has 2 aromatic carbocycles. The van der Waals surface area contributed by atoms with E-state index in [-0.39, 0.29) is 15.5 Å². The molecule has 2 rings (SSSR count). The van der Waals surface area contributed by atoms with Crippen molar-refractivity contribution in [3.8, 4) is 0 Å². The molecule has 21 heavy (non-hydrogen) atoms. The van der Waals surface area contributed by atoms with Gasteiger partial charge in [0, 0.05) is 11.9 Å². The number of hydrogen-bond acceptors (Lipinski definition) is 5. The maximum Gasteiger partial charge on any atom is 0.182 e. The Morgan fingerprint density at radius 1 is 0.905 bits per heavy atom. The second-order valence-electron chi connectivity index (χ2n) is 4.75. The highest BCUT2D eigenvalue weighted by atomic mass is 32.2. The van der Waals surface area contributed by atoms with Crippen LogP contribution in [0.2, 0.25) is 0 Å². The summed E-state index contributed by atoms with van der Waals surface area (Å²) in [5, 5.41) is 0. The van der Waals surface area contributed by atoms with E-state index < -0.39 is 19.7 Å². The third kappa shape index (κ3) is 3.83. The van der Waals surface area contributed by atoms with E-state index in [2.05, 4.69) is 0 Å². The number of benzene rings is 2. The second kappa shape index (κ2) is 5.50. The fraction of sp³-hybridized carbons (Fsp3) is 0.143. The lowest BCUT2D eigenvalue weighted by Gasteiger charge is -2.06. The van der Waals surface area contributed by atoms with Gasteiger partial charge in [0.05, 0.1) is 15.5 Å². The molecule has 2 aromatic rings. The van der Waals surface area contributed by atoms with Gasteiger partial charge in [0.1, 0.15) is 0 Å². The molecule has 0 unspecified atom stereocenters. The van der Waals surface area contributed by atoms with Gasteiger partial charge >= 0.3 is 0 Å². The summed E-state index contributed by atoms with van der Waals surface area (Å²) in [5.74, 6) is -0.184. The van der Waals surface area contributed by atoms with E-state index in [1.54, 1.807) is 24.3 Å². The zero-order valence-electron chi connectivity index (χ0n) is 11.4. The molecule has 7 heteroatoms. The van der Waals surface area contributed by atoms with Crippen LogP contribution < -0.4 is 5.73 Å². The minimum absolute atomic E-state index is 0.0809. The van der Waals surface area contributed by atoms with Crippen LogP contribution in [0.3, 0.4) is 0 Å². The Labute approximate surface area is 124 Å². The van der Waals surface area contributed by atoms with Crippen LogP contribution >= 0.6 is 0 Å². The van der Waals surface area contributed by atoms with Crippen LogP contribution in [0.25, 0.3) is 0 Å². The first-order chi connectivity index (χ1) is 9.68. The number of sulfone groups is 2. The summed E-state index contributed by atoms with van der Waals surface area (Å²) in [6, 6.07) is 11.8. The van der Waals surface area contributed by atoms with Gasteiger partial charge in [-0.25, -0.2) is 16.8 Å². The molecule has 0 atom stereocenters. The first kappa shape index (κ1) is 15.5. The van der Waals surface area contributed by atoms with Gasteiger partial charge in [0.15, 0.2) is 19.7 Å². The molecule has 0 aliphatic heterocycles. The van der Waals surface area contributed by atoms with Crippen molar-refractivity contribution in [1.29, 1.82) is 0 Å². The van der Waals surface area contributed by atoms with Crippen LogP contribution in [0.4, 0.5) is 5.69 Å². The number of nitrogens with two attached hydrogens (primary N) is 1. The molecule has 0 aliphatic carbocycles. The molecule has 0 heterocycles. The lowest BCUT2D eigenvalue weighted by Crippen LogP contribution is -2.06. The molecule has 0 spiro atoms. The summed E-state index contributed by atoms with van der Waals surface area (Å²) < 4.78 is 47.3. The van der Waals surface area contributed by atoms with Crippen LogP contribution in [0.1, 0.15) is 5.56 Å². The third-order valence-electron chi connectivity index (χ3n) is 2.92. The molecule has 0 saturated heterocycles. The van der Waals surface area contributed by atoms with Crippen LogP contribution in [0, 0.1) is 0 Å². The highest BCUT2D eigenvalue weighted by molar-refractivity contribution is 7.91. The highest BCUT2D eigenvalue weighted by Crippen LogP contribution is 2.19. The van der Waals surface area contributed by atoms with E-state index in [1.165, 1.54) is 24.3 Å². The van der Waals surface area contributed by atoms with Crippen molar-refractivity contribution >= 4 is 25.4 Å². The zero-order chi connectivity index (χ0) is 15.7. The Bertz CT molecular complexity index is 854. The van der Waals surface area contributed by atoms with Crippen LogP contribution in [-0.2, 0) is 25.4 Å². The van der Waals surface area contributed by atoms with Crippen molar-refractivity contribution in [2.45, 2.75) is 15.5 Å². The maximum atomic E-state index is 12.3. The number of anilines is 1. The number of hydrogen-bond donors (Lipinski definition) is 1. The van der Waals surface area contributed by atoms with Crippen molar-refractivity contribution in [3.05, 3.63) is 54.1 Å². The van der Waals surface area contributed by atoms with Gasteiger partial charge in [-0.15, -0.1) is 0 Å². The molecule has 112 valence electrons. The Balaban J connectivity index is 2.32. The predicted octanol–water partition coefficient (Wildman–Crippen LogP) is 1.65. The summed E-state index contributed by atoms with van der Waals surface area (Å²) in [6.45, 7) is 0. The van der Waals surface area contributed by atoms with Crippen LogP contribution in [-0.4, -0.2) is 23.1 Å². The van der Waals surface area contributed by atoms with Crippen LogP contribution in [0.15, 0.2) is 58.3 Å². The van der Waals surface area contributed by atoms with Crippen molar-refractivity contribution < 1.29 is 16.8 Å². The summed E-state index contributed by atoms with van der Waals surface area (Å²) in [7, 11) is -6.88. The minimum Gasteiger partial charge on any atom is -0.399 e. The molecule has 5 nitrogen and oxygen atoms in total. The van der Waals surface area contributed by atoms with Gasteiger partial charge in [0.25, 0.3) is 0 Å². The fourth-order valence-corrected chi connectivity index (χ4v) is 3.85. The van der Waals surface area contributed by atoms with Crippen molar-refractivity contribution in [3.63, 3.8) is 0 Å². The number of rotatable bonds is 4. The van der Waals surface area contributed by atoms with Gasteiger partial charge in [0.2, 0.25) is 0 Å². The number of nitrogen functional groups attached to an aromatic ring is 1. The summed E-state index contributed by atoms with van der Waals surface area (Å²) in [4.78, 5) is 0.169. The second-order valence-corrected chi connectivity index (χ2v) is 8.75. The average Bonchev–Trinajstić information content (AvgIpc) is 2.37. The average molecular weight is 325 g/mol. The predicted molar refractivity (Wildman–Crippen MR) is 81.3 cm³/mol. The highest BCUT2D eigenvalue weighted by Gasteiger charge is 2.16. The van der Waals surface area contributed by atoms with Gasteiger partial charge < -0.3 is 5.73 Å². The molecule has 0 aliphatic rings. The molecule has 0 amide bonds. The molecule has 0 fully saturated rings. The lowest BCUT2D eigenvalue weighted by atomic mass is 10.2. The summed E-state index contributed by atoms with van der Waals surface area (Å²) in [6.07, 6.45) is 1.07. The standard InChI is InChI=1S/C14H15NO4S2/c1-20(16,17)13-5-7-14(8-6-13)21(18,19)10-11-3-2-4-12(15)9-11/h2-9H,10,15H2,1H3. The Hall–Kier alpha value is -1.86. The lowest BCUT2D eigenvalue weighted by molar-refractivity contribution is 0.593. The van der Waals surface area contributed by atoms with Gasteiger partial charge in [-0.2, -0.15) is 0 Å². The van der Waals surface area contributed by atoms with Gasteiger partial charge in [-0.05, 0) is 42.0 Å². The Kier molecular flexibility index (Phi) is 4.06.